The summed E-state index contributed by atoms with van der Waals surface area (Å²) in [5.74, 6) is 1.13. The van der Waals surface area contributed by atoms with Gasteiger partial charge in [0.25, 0.3) is 0 Å². The molecule has 5 nitrogen and oxygen atoms in total. The Bertz CT molecular complexity index is 385. The third-order valence-corrected chi connectivity index (χ3v) is 2.19. The minimum Gasteiger partial charge on any atom is -0.438 e. The monoisotopic (exact) mass is 238 g/mol. The third-order valence-electron chi connectivity index (χ3n) is 2.19. The molecule has 0 bridgehead atoms. The SMILES string of the molecule is CC(C)CNC(=O)CN(C)c1ccc(C=O)o1. The molecule has 0 spiro atoms. The zero-order valence-corrected chi connectivity index (χ0v) is 10.4. The molecule has 1 rings (SSSR count). The van der Waals surface area contributed by atoms with Gasteiger partial charge in [-0.2, -0.15) is 0 Å². The van der Waals surface area contributed by atoms with Gasteiger partial charge in [0.2, 0.25) is 5.91 Å². The second-order valence-corrected chi connectivity index (χ2v) is 4.35. The summed E-state index contributed by atoms with van der Waals surface area (Å²) in [7, 11) is 1.74. The maximum atomic E-state index is 11.5. The van der Waals surface area contributed by atoms with E-state index in [0.717, 1.165) is 0 Å². The smallest absolute Gasteiger partial charge is 0.239 e. The molecule has 0 aromatic carbocycles. The van der Waals surface area contributed by atoms with E-state index in [4.69, 9.17) is 4.42 Å². The molecule has 1 amide bonds. The van der Waals surface area contributed by atoms with Crippen LogP contribution in [0.25, 0.3) is 0 Å². The lowest BCUT2D eigenvalue weighted by Crippen LogP contribution is -2.36. The molecule has 0 aliphatic heterocycles. The summed E-state index contributed by atoms with van der Waals surface area (Å²) < 4.78 is 5.20. The van der Waals surface area contributed by atoms with Crippen LogP contribution in [0.2, 0.25) is 0 Å². The van der Waals surface area contributed by atoms with Gasteiger partial charge in [-0.25, -0.2) is 0 Å². The molecular weight excluding hydrogens is 220 g/mol. The van der Waals surface area contributed by atoms with Crippen LogP contribution in [0.5, 0.6) is 0 Å². The largest absolute Gasteiger partial charge is 0.438 e. The van der Waals surface area contributed by atoms with Crippen LogP contribution in [0.4, 0.5) is 5.88 Å². The summed E-state index contributed by atoms with van der Waals surface area (Å²) in [6.45, 7) is 4.93. The van der Waals surface area contributed by atoms with Crippen molar-refractivity contribution in [1.29, 1.82) is 0 Å². The normalized spacial score (nSPS) is 10.4. The highest BCUT2D eigenvalue weighted by Gasteiger charge is 2.10. The van der Waals surface area contributed by atoms with Crippen molar-refractivity contribution in [3.63, 3.8) is 0 Å². The molecule has 0 atom stereocenters. The van der Waals surface area contributed by atoms with E-state index in [9.17, 15) is 9.59 Å². The zero-order chi connectivity index (χ0) is 12.8. The van der Waals surface area contributed by atoms with Gasteiger partial charge in [-0.1, -0.05) is 13.8 Å². The standard InChI is InChI=1S/C12H18N2O3/c1-9(2)6-13-11(16)7-14(3)12-5-4-10(8-15)17-12/h4-5,8-9H,6-7H2,1-3H3,(H,13,16). The summed E-state index contributed by atoms with van der Waals surface area (Å²) in [6, 6.07) is 3.24. The van der Waals surface area contributed by atoms with Crippen molar-refractivity contribution in [1.82, 2.24) is 5.32 Å². The van der Waals surface area contributed by atoms with Gasteiger partial charge < -0.3 is 14.6 Å². The second-order valence-electron chi connectivity index (χ2n) is 4.35. The number of amides is 1. The minimum atomic E-state index is -0.0646. The number of nitrogens with one attached hydrogen (secondary N) is 1. The average Bonchev–Trinajstić information content (AvgIpc) is 2.74. The fourth-order valence-electron chi connectivity index (χ4n) is 1.28. The Kier molecular flexibility index (Phi) is 4.75. The molecular formula is C12H18N2O3. The van der Waals surface area contributed by atoms with Crippen LogP contribution in [0.15, 0.2) is 16.5 Å². The number of anilines is 1. The molecule has 1 aromatic rings. The van der Waals surface area contributed by atoms with E-state index in [1.54, 1.807) is 24.1 Å². The predicted octanol–water partition coefficient (Wildman–Crippen LogP) is 1.30. The molecule has 5 heteroatoms. The van der Waals surface area contributed by atoms with E-state index in [2.05, 4.69) is 5.32 Å². The van der Waals surface area contributed by atoms with Gasteiger partial charge in [-0.05, 0) is 12.0 Å². The number of hydrogen-bond donors (Lipinski definition) is 1. The summed E-state index contributed by atoms with van der Waals surface area (Å²) >= 11 is 0. The first-order chi connectivity index (χ1) is 8.02. The van der Waals surface area contributed by atoms with E-state index in [-0.39, 0.29) is 18.2 Å². The molecule has 1 aromatic heterocycles. The highest BCUT2D eigenvalue weighted by Crippen LogP contribution is 2.15. The molecule has 1 N–H and O–H groups in total. The topological polar surface area (TPSA) is 62.6 Å². The van der Waals surface area contributed by atoms with Crippen LogP contribution < -0.4 is 10.2 Å². The van der Waals surface area contributed by atoms with Crippen LogP contribution in [0, 0.1) is 5.92 Å². The molecule has 0 saturated heterocycles. The Hall–Kier alpha value is -1.78. The number of nitrogens with zero attached hydrogens (tertiary/aromatic N) is 1. The predicted molar refractivity (Wildman–Crippen MR) is 65.2 cm³/mol. The van der Waals surface area contributed by atoms with Crippen molar-refractivity contribution in [2.45, 2.75) is 13.8 Å². The Morgan fingerprint density at radius 3 is 2.76 bits per heavy atom. The lowest BCUT2D eigenvalue weighted by molar-refractivity contribution is -0.119. The number of rotatable bonds is 6. The summed E-state index contributed by atoms with van der Waals surface area (Å²) in [5.41, 5.74) is 0. The van der Waals surface area contributed by atoms with E-state index >= 15 is 0 Å². The first-order valence-corrected chi connectivity index (χ1v) is 5.55. The van der Waals surface area contributed by atoms with Gasteiger partial charge in [-0.15, -0.1) is 0 Å². The van der Waals surface area contributed by atoms with Gasteiger partial charge in [-0.3, -0.25) is 9.59 Å². The van der Waals surface area contributed by atoms with Crippen molar-refractivity contribution in [3.05, 3.63) is 17.9 Å². The third kappa shape index (κ3) is 4.30. The number of hydrogen-bond acceptors (Lipinski definition) is 4. The quantitative estimate of drug-likeness (QED) is 0.759. The lowest BCUT2D eigenvalue weighted by atomic mass is 10.2. The van der Waals surface area contributed by atoms with Crippen molar-refractivity contribution in [2.24, 2.45) is 5.92 Å². The van der Waals surface area contributed by atoms with Crippen LogP contribution in [0.1, 0.15) is 24.4 Å². The molecule has 1 heterocycles. The van der Waals surface area contributed by atoms with E-state index in [0.29, 0.717) is 24.6 Å². The number of aldehydes is 1. The van der Waals surface area contributed by atoms with Crippen molar-refractivity contribution >= 4 is 18.1 Å². The molecule has 17 heavy (non-hydrogen) atoms. The highest BCUT2D eigenvalue weighted by molar-refractivity contribution is 5.81. The Morgan fingerprint density at radius 2 is 2.24 bits per heavy atom. The Balaban J connectivity index is 2.45. The first kappa shape index (κ1) is 13.3. The fourth-order valence-corrected chi connectivity index (χ4v) is 1.28. The fraction of sp³-hybridized carbons (Fsp3) is 0.500. The van der Waals surface area contributed by atoms with Gasteiger partial charge in [0.15, 0.2) is 17.9 Å². The Labute approximate surface area is 101 Å². The lowest BCUT2D eigenvalue weighted by Gasteiger charge is -2.16. The number of likely N-dealkylation sites (N-methyl/N-ethyl adjacent to an activating group) is 1. The average molecular weight is 238 g/mol. The van der Waals surface area contributed by atoms with Gasteiger partial charge in [0, 0.05) is 19.7 Å². The van der Waals surface area contributed by atoms with E-state index in [1.165, 1.54) is 0 Å². The molecule has 0 aliphatic carbocycles. The van der Waals surface area contributed by atoms with Gasteiger partial charge >= 0.3 is 0 Å². The van der Waals surface area contributed by atoms with Crippen molar-refractivity contribution < 1.29 is 14.0 Å². The molecule has 0 radical (unpaired) electrons. The van der Waals surface area contributed by atoms with Crippen LogP contribution in [-0.4, -0.2) is 32.3 Å². The number of furan rings is 1. The van der Waals surface area contributed by atoms with Crippen molar-refractivity contribution in [3.8, 4) is 0 Å². The molecule has 94 valence electrons. The number of carbonyl (C=O) groups excluding carboxylic acids is 2. The molecule has 0 unspecified atom stereocenters. The molecule has 0 saturated carbocycles. The van der Waals surface area contributed by atoms with Gasteiger partial charge in [0.1, 0.15) is 0 Å². The van der Waals surface area contributed by atoms with Gasteiger partial charge in [0.05, 0.1) is 6.54 Å². The second kappa shape index (κ2) is 6.08. The zero-order valence-electron chi connectivity index (χ0n) is 10.4. The summed E-state index contributed by atoms with van der Waals surface area (Å²) in [5, 5.41) is 2.81. The van der Waals surface area contributed by atoms with Crippen LogP contribution in [0.3, 0.4) is 0 Å². The van der Waals surface area contributed by atoms with E-state index < -0.39 is 0 Å². The minimum absolute atomic E-state index is 0.0646. The maximum Gasteiger partial charge on any atom is 0.239 e. The van der Waals surface area contributed by atoms with E-state index in [1.807, 2.05) is 13.8 Å². The van der Waals surface area contributed by atoms with Crippen LogP contribution in [-0.2, 0) is 4.79 Å². The van der Waals surface area contributed by atoms with Crippen LogP contribution >= 0.6 is 0 Å². The first-order valence-electron chi connectivity index (χ1n) is 5.55. The highest BCUT2D eigenvalue weighted by atomic mass is 16.4. The van der Waals surface area contributed by atoms with Crippen molar-refractivity contribution in [2.75, 3.05) is 25.0 Å². The molecule has 0 fully saturated rings. The Morgan fingerprint density at radius 1 is 1.53 bits per heavy atom. The molecule has 0 aliphatic rings. The summed E-state index contributed by atoms with van der Waals surface area (Å²) in [6.07, 6.45) is 0.635. The number of carbonyl (C=O) groups is 2. The summed E-state index contributed by atoms with van der Waals surface area (Å²) in [4.78, 5) is 23.6. The maximum absolute atomic E-state index is 11.5.